The number of benzene rings is 1. The molecular weight excluding hydrogens is 276 g/mol. The summed E-state index contributed by atoms with van der Waals surface area (Å²) in [4.78, 5) is 4.43. The van der Waals surface area contributed by atoms with E-state index in [0.717, 1.165) is 5.56 Å². The molecule has 2 aromatic rings. The first-order valence-corrected chi connectivity index (χ1v) is 7.93. The summed E-state index contributed by atoms with van der Waals surface area (Å²) in [5, 5.41) is 0. The van der Waals surface area contributed by atoms with Crippen molar-refractivity contribution in [3.05, 3.63) is 47.2 Å². The van der Waals surface area contributed by atoms with E-state index in [0.29, 0.717) is 28.7 Å². The molecule has 108 valence electrons. The van der Waals surface area contributed by atoms with Gasteiger partial charge in [0, 0.05) is 6.92 Å². The summed E-state index contributed by atoms with van der Waals surface area (Å²) in [5.74, 6) is 1.07. The first-order chi connectivity index (χ1) is 9.44. The molecule has 0 saturated heterocycles. The molecule has 1 aromatic carbocycles. The molecule has 0 aliphatic heterocycles. The monoisotopic (exact) mass is 294 g/mol. The normalized spacial score (nSPS) is 11.8. The molecule has 0 fully saturated rings. The van der Waals surface area contributed by atoms with Crippen LogP contribution in [0.4, 0.5) is 0 Å². The molecule has 0 unspecified atom stereocenters. The predicted molar refractivity (Wildman–Crippen MR) is 75.8 cm³/mol. The Hall–Kier alpha value is -1.66. The molecule has 0 amide bonds. The molecule has 0 bridgehead atoms. The Morgan fingerprint density at radius 1 is 1.25 bits per heavy atom. The van der Waals surface area contributed by atoms with Gasteiger partial charge < -0.3 is 4.42 Å². The highest BCUT2D eigenvalue weighted by Gasteiger charge is 2.18. The number of hydrogen-bond acceptors (Lipinski definition) is 4. The van der Waals surface area contributed by atoms with Crippen molar-refractivity contribution in [2.45, 2.75) is 38.6 Å². The number of aryl methyl sites for hydroxylation is 3. The molecule has 0 atom stereocenters. The van der Waals surface area contributed by atoms with Crippen molar-refractivity contribution in [3.63, 3.8) is 0 Å². The van der Waals surface area contributed by atoms with Crippen LogP contribution in [-0.4, -0.2) is 13.4 Å². The highest BCUT2D eigenvalue weighted by Crippen LogP contribution is 2.17. The molecule has 0 radical (unpaired) electrons. The first-order valence-electron chi connectivity index (χ1n) is 6.44. The lowest BCUT2D eigenvalue weighted by Crippen LogP contribution is -2.24. The van der Waals surface area contributed by atoms with Crippen molar-refractivity contribution in [3.8, 4) is 0 Å². The number of nitrogens with one attached hydrogen (secondary N) is 1. The Balaban J connectivity index is 2.21. The van der Waals surface area contributed by atoms with Crippen molar-refractivity contribution in [2.75, 3.05) is 0 Å². The second-order valence-corrected chi connectivity index (χ2v) is 6.26. The van der Waals surface area contributed by atoms with Gasteiger partial charge in [0.2, 0.25) is 10.0 Å². The second-order valence-electron chi connectivity index (χ2n) is 4.53. The summed E-state index contributed by atoms with van der Waals surface area (Å²) >= 11 is 0. The van der Waals surface area contributed by atoms with E-state index in [1.54, 1.807) is 26.0 Å². The van der Waals surface area contributed by atoms with Crippen molar-refractivity contribution in [1.82, 2.24) is 9.71 Å². The lowest BCUT2D eigenvalue weighted by atomic mass is 10.2. The van der Waals surface area contributed by atoms with Crippen LogP contribution in [0, 0.1) is 13.8 Å². The molecule has 0 aliphatic carbocycles. The van der Waals surface area contributed by atoms with Crippen LogP contribution in [0.2, 0.25) is 0 Å². The van der Waals surface area contributed by atoms with E-state index in [4.69, 9.17) is 4.42 Å². The Kier molecular flexibility index (Phi) is 4.25. The van der Waals surface area contributed by atoms with Gasteiger partial charge in [-0.1, -0.05) is 25.1 Å². The largest absolute Gasteiger partial charge is 0.444 e. The van der Waals surface area contributed by atoms with Crippen molar-refractivity contribution >= 4 is 10.0 Å². The Bertz CT molecular complexity index is 705. The standard InChI is InChI=1S/C14H18N2O3S/c1-4-12-7-5-6-8-14(12)20(17,18)15-9-13-10(2)16-11(3)19-13/h5-8,15H,4,9H2,1-3H3. The van der Waals surface area contributed by atoms with Gasteiger partial charge in [-0.25, -0.2) is 18.1 Å². The molecule has 0 saturated carbocycles. The molecule has 1 N–H and O–H groups in total. The Labute approximate surface area is 119 Å². The summed E-state index contributed by atoms with van der Waals surface area (Å²) < 4.78 is 32.6. The fraction of sp³-hybridized carbons (Fsp3) is 0.357. The SMILES string of the molecule is CCc1ccccc1S(=O)(=O)NCc1oc(C)nc1C. The number of rotatable bonds is 5. The highest BCUT2D eigenvalue weighted by atomic mass is 32.2. The van der Waals surface area contributed by atoms with Crippen molar-refractivity contribution < 1.29 is 12.8 Å². The minimum absolute atomic E-state index is 0.104. The minimum atomic E-state index is -3.55. The van der Waals surface area contributed by atoms with Crippen molar-refractivity contribution in [2.24, 2.45) is 0 Å². The van der Waals surface area contributed by atoms with E-state index in [1.165, 1.54) is 0 Å². The van der Waals surface area contributed by atoms with Gasteiger partial charge in [-0.05, 0) is 25.0 Å². The summed E-state index contributed by atoms with van der Waals surface area (Å²) in [6, 6.07) is 6.98. The van der Waals surface area contributed by atoms with Crippen LogP contribution in [0.15, 0.2) is 33.6 Å². The lowest BCUT2D eigenvalue weighted by Gasteiger charge is -2.09. The number of aromatic nitrogens is 1. The third kappa shape index (κ3) is 3.08. The van der Waals surface area contributed by atoms with Crippen molar-refractivity contribution in [1.29, 1.82) is 0 Å². The van der Waals surface area contributed by atoms with E-state index >= 15 is 0 Å². The third-order valence-corrected chi connectivity index (χ3v) is 4.57. The van der Waals surface area contributed by atoms with Crippen LogP contribution >= 0.6 is 0 Å². The number of nitrogens with zero attached hydrogens (tertiary/aromatic N) is 1. The van der Waals surface area contributed by atoms with Gasteiger partial charge in [-0.15, -0.1) is 0 Å². The zero-order valence-corrected chi connectivity index (χ0v) is 12.6. The van der Waals surface area contributed by atoms with E-state index in [2.05, 4.69) is 9.71 Å². The van der Waals surface area contributed by atoms with Gasteiger partial charge in [0.15, 0.2) is 5.89 Å². The van der Waals surface area contributed by atoms with Gasteiger partial charge in [0.1, 0.15) is 5.76 Å². The Morgan fingerprint density at radius 3 is 2.55 bits per heavy atom. The van der Waals surface area contributed by atoms with Crippen LogP contribution in [-0.2, 0) is 23.0 Å². The van der Waals surface area contributed by atoms with Gasteiger partial charge in [-0.2, -0.15) is 0 Å². The maximum Gasteiger partial charge on any atom is 0.241 e. The summed E-state index contributed by atoms with van der Waals surface area (Å²) in [6.07, 6.45) is 0.664. The number of sulfonamides is 1. The molecular formula is C14H18N2O3S. The fourth-order valence-corrected chi connectivity index (χ4v) is 3.33. The van der Waals surface area contributed by atoms with Gasteiger partial charge in [-0.3, -0.25) is 0 Å². The number of oxazole rings is 1. The zero-order chi connectivity index (χ0) is 14.8. The lowest BCUT2D eigenvalue weighted by molar-refractivity contribution is 0.466. The molecule has 20 heavy (non-hydrogen) atoms. The molecule has 6 heteroatoms. The topological polar surface area (TPSA) is 72.2 Å². The predicted octanol–water partition coefficient (Wildman–Crippen LogP) is 2.33. The zero-order valence-electron chi connectivity index (χ0n) is 11.8. The molecule has 1 aromatic heterocycles. The molecule has 5 nitrogen and oxygen atoms in total. The maximum absolute atomic E-state index is 12.3. The van der Waals surface area contributed by atoms with Gasteiger partial charge in [0.25, 0.3) is 0 Å². The number of hydrogen-bond donors (Lipinski definition) is 1. The second kappa shape index (κ2) is 5.76. The maximum atomic E-state index is 12.3. The van der Waals surface area contributed by atoms with E-state index in [1.807, 2.05) is 19.1 Å². The van der Waals surface area contributed by atoms with Crippen LogP contribution in [0.1, 0.15) is 29.8 Å². The van der Waals surface area contributed by atoms with Crippen LogP contribution in [0.3, 0.4) is 0 Å². The molecule has 1 heterocycles. The minimum Gasteiger partial charge on any atom is -0.444 e. The molecule has 2 rings (SSSR count). The Morgan fingerprint density at radius 2 is 1.95 bits per heavy atom. The average Bonchev–Trinajstić information content (AvgIpc) is 2.75. The summed E-state index contributed by atoms with van der Waals surface area (Å²) in [5.41, 5.74) is 1.50. The first kappa shape index (κ1) is 14.7. The van der Waals surface area contributed by atoms with Gasteiger partial charge >= 0.3 is 0 Å². The quantitative estimate of drug-likeness (QED) is 0.918. The summed E-state index contributed by atoms with van der Waals surface area (Å²) in [7, 11) is -3.55. The smallest absolute Gasteiger partial charge is 0.241 e. The van der Waals surface area contributed by atoms with E-state index in [-0.39, 0.29) is 6.54 Å². The fourth-order valence-electron chi connectivity index (χ4n) is 2.03. The average molecular weight is 294 g/mol. The highest BCUT2D eigenvalue weighted by molar-refractivity contribution is 7.89. The molecule has 0 aliphatic rings. The van der Waals surface area contributed by atoms with Crippen LogP contribution in [0.5, 0.6) is 0 Å². The molecule has 0 spiro atoms. The third-order valence-electron chi connectivity index (χ3n) is 3.07. The van der Waals surface area contributed by atoms with E-state index < -0.39 is 10.0 Å². The van der Waals surface area contributed by atoms with Crippen LogP contribution in [0.25, 0.3) is 0 Å². The summed E-state index contributed by atoms with van der Waals surface area (Å²) in [6.45, 7) is 5.56. The van der Waals surface area contributed by atoms with Crippen LogP contribution < -0.4 is 4.72 Å². The van der Waals surface area contributed by atoms with E-state index in [9.17, 15) is 8.42 Å². The van der Waals surface area contributed by atoms with Gasteiger partial charge in [0.05, 0.1) is 17.1 Å².